The number of rotatable bonds is 11. The van der Waals surface area contributed by atoms with Crippen molar-refractivity contribution in [1.82, 2.24) is 13.5 Å². The predicted molar refractivity (Wildman–Crippen MR) is 137 cm³/mol. The zero-order chi connectivity index (χ0) is 25.5. The molecular formula is C25H35N3O5S2. The maximum absolute atomic E-state index is 13.6. The fourth-order valence-electron chi connectivity index (χ4n) is 4.33. The van der Waals surface area contributed by atoms with Gasteiger partial charge in [-0.15, -0.1) is 0 Å². The van der Waals surface area contributed by atoms with E-state index in [9.17, 15) is 21.6 Å². The lowest BCUT2D eigenvalue weighted by Crippen LogP contribution is -2.51. The predicted octanol–water partition coefficient (Wildman–Crippen LogP) is 2.93. The molecule has 2 aromatic carbocycles. The summed E-state index contributed by atoms with van der Waals surface area (Å²) in [6, 6.07) is 17.5. The van der Waals surface area contributed by atoms with Crippen LogP contribution in [0.4, 0.5) is 0 Å². The third kappa shape index (κ3) is 6.91. The highest BCUT2D eigenvalue weighted by Crippen LogP contribution is 2.23. The van der Waals surface area contributed by atoms with Crippen molar-refractivity contribution in [2.75, 3.05) is 31.9 Å². The zero-order valence-corrected chi connectivity index (χ0v) is 22.0. The molecule has 35 heavy (non-hydrogen) atoms. The highest BCUT2D eigenvalue weighted by Gasteiger charge is 2.34. The summed E-state index contributed by atoms with van der Waals surface area (Å²) in [6.07, 6.45) is 1.60. The molecule has 8 nitrogen and oxygen atoms in total. The summed E-state index contributed by atoms with van der Waals surface area (Å²) in [7, 11) is -7.11. The Morgan fingerprint density at radius 3 is 2.03 bits per heavy atom. The largest absolute Gasteiger partial charge is 0.334 e. The number of carbonyl (C=O) groups is 1. The summed E-state index contributed by atoms with van der Waals surface area (Å²) >= 11 is 0. The second kappa shape index (κ2) is 12.1. The van der Waals surface area contributed by atoms with Crippen molar-refractivity contribution in [2.24, 2.45) is 0 Å². The normalized spacial score (nSPS) is 15.9. The van der Waals surface area contributed by atoms with Crippen LogP contribution in [0.5, 0.6) is 0 Å². The minimum Gasteiger partial charge on any atom is -0.334 e. The highest BCUT2D eigenvalue weighted by atomic mass is 32.2. The van der Waals surface area contributed by atoms with E-state index in [1.165, 1.54) is 20.7 Å². The van der Waals surface area contributed by atoms with E-state index in [4.69, 9.17) is 0 Å². The summed E-state index contributed by atoms with van der Waals surface area (Å²) in [5.41, 5.74) is 0.942. The van der Waals surface area contributed by atoms with Crippen molar-refractivity contribution in [3.05, 3.63) is 66.2 Å². The van der Waals surface area contributed by atoms with E-state index < -0.39 is 20.0 Å². The number of nitrogens with zero attached hydrogens (tertiary/aromatic N) is 3. The first-order valence-corrected chi connectivity index (χ1v) is 15.1. The lowest BCUT2D eigenvalue weighted by molar-refractivity contribution is -0.135. The molecule has 0 atom stereocenters. The fraction of sp³-hybridized carbons (Fsp3) is 0.480. The molecule has 0 aromatic heterocycles. The molecule has 1 heterocycles. The molecule has 1 amide bonds. The molecule has 0 radical (unpaired) electrons. The fourth-order valence-corrected chi connectivity index (χ4v) is 6.97. The van der Waals surface area contributed by atoms with Gasteiger partial charge in [-0.25, -0.2) is 21.1 Å². The van der Waals surface area contributed by atoms with Gasteiger partial charge >= 0.3 is 0 Å². The number of benzene rings is 2. The van der Waals surface area contributed by atoms with Crippen LogP contribution in [0.2, 0.25) is 0 Å². The number of hydrogen-bond acceptors (Lipinski definition) is 5. The molecule has 192 valence electrons. The van der Waals surface area contributed by atoms with Gasteiger partial charge in [0.05, 0.1) is 17.2 Å². The van der Waals surface area contributed by atoms with Crippen LogP contribution in [0.3, 0.4) is 0 Å². The van der Waals surface area contributed by atoms with E-state index in [0.29, 0.717) is 38.9 Å². The van der Waals surface area contributed by atoms with E-state index in [1.807, 2.05) is 37.3 Å². The first-order valence-electron chi connectivity index (χ1n) is 12.1. The average Bonchev–Trinajstić information content (AvgIpc) is 2.88. The third-order valence-corrected chi connectivity index (χ3v) is 10.0. The molecule has 1 aliphatic rings. The molecule has 10 heteroatoms. The number of piperidine rings is 1. The molecule has 3 rings (SSSR count). The van der Waals surface area contributed by atoms with Crippen LogP contribution in [-0.2, 0) is 31.4 Å². The van der Waals surface area contributed by atoms with Crippen LogP contribution >= 0.6 is 0 Å². The van der Waals surface area contributed by atoms with Gasteiger partial charge in [-0.05, 0) is 43.9 Å². The Hall–Kier alpha value is -2.27. The molecule has 0 aliphatic carbocycles. The lowest BCUT2D eigenvalue weighted by Gasteiger charge is -2.39. The topological polar surface area (TPSA) is 95.1 Å². The molecule has 1 saturated heterocycles. The smallest absolute Gasteiger partial charge is 0.243 e. The van der Waals surface area contributed by atoms with Gasteiger partial charge in [-0.2, -0.15) is 4.31 Å². The molecular weight excluding hydrogens is 486 g/mol. The van der Waals surface area contributed by atoms with Crippen LogP contribution < -0.4 is 0 Å². The number of hydrogen-bond donors (Lipinski definition) is 0. The van der Waals surface area contributed by atoms with Crippen molar-refractivity contribution < 1.29 is 21.6 Å². The highest BCUT2D eigenvalue weighted by molar-refractivity contribution is 7.89. The number of amides is 1. The lowest BCUT2D eigenvalue weighted by atomic mass is 10.0. The van der Waals surface area contributed by atoms with Gasteiger partial charge in [0.25, 0.3) is 0 Å². The van der Waals surface area contributed by atoms with Gasteiger partial charge in [0.2, 0.25) is 26.0 Å². The maximum Gasteiger partial charge on any atom is 0.243 e. The molecule has 0 spiro atoms. The molecule has 1 aliphatic heterocycles. The van der Waals surface area contributed by atoms with Crippen LogP contribution in [-0.4, -0.2) is 74.2 Å². The minimum atomic E-state index is -3.83. The molecule has 0 bridgehead atoms. The number of sulfonamides is 2. The summed E-state index contributed by atoms with van der Waals surface area (Å²) in [5.74, 6) is -0.230. The van der Waals surface area contributed by atoms with Crippen LogP contribution in [0.15, 0.2) is 65.6 Å². The van der Waals surface area contributed by atoms with Crippen LogP contribution in [0, 0.1) is 0 Å². The standard InChI is InChI=1S/C25H35N3O5S2/c1-3-17-27(35(32,33)24-13-9-6-10-14-24)21-25(29)28(20-22-11-7-5-8-12-22)23-15-18-26(19-16-23)34(30,31)4-2/h5-14,23H,3-4,15-21H2,1-2H3. The summed E-state index contributed by atoms with van der Waals surface area (Å²) in [6.45, 7) is 4.52. The second-order valence-corrected chi connectivity index (χ2v) is 12.9. The zero-order valence-electron chi connectivity index (χ0n) is 20.4. The van der Waals surface area contributed by atoms with Crippen LogP contribution in [0.25, 0.3) is 0 Å². The van der Waals surface area contributed by atoms with Crippen molar-refractivity contribution in [2.45, 2.75) is 50.6 Å². The van der Waals surface area contributed by atoms with Crippen molar-refractivity contribution >= 4 is 26.0 Å². The molecule has 0 N–H and O–H groups in total. The number of carbonyl (C=O) groups excluding carboxylic acids is 1. The Kier molecular flexibility index (Phi) is 9.46. The van der Waals surface area contributed by atoms with Gasteiger partial charge in [0.15, 0.2) is 0 Å². The molecule has 0 saturated carbocycles. The van der Waals surface area contributed by atoms with E-state index >= 15 is 0 Å². The van der Waals surface area contributed by atoms with Gasteiger partial charge in [-0.1, -0.05) is 55.5 Å². The summed E-state index contributed by atoms with van der Waals surface area (Å²) < 4.78 is 53.9. The van der Waals surface area contributed by atoms with Gasteiger partial charge in [-0.3, -0.25) is 4.79 Å². The third-order valence-electron chi connectivity index (χ3n) is 6.30. The Bertz CT molecular complexity index is 1160. The Morgan fingerprint density at radius 1 is 0.914 bits per heavy atom. The Morgan fingerprint density at radius 2 is 1.49 bits per heavy atom. The molecule has 0 unspecified atom stereocenters. The van der Waals surface area contributed by atoms with Gasteiger partial charge in [0.1, 0.15) is 0 Å². The Labute approximate surface area is 209 Å². The average molecular weight is 522 g/mol. The van der Waals surface area contributed by atoms with Crippen LogP contribution in [0.1, 0.15) is 38.7 Å². The van der Waals surface area contributed by atoms with E-state index in [1.54, 1.807) is 30.0 Å². The minimum absolute atomic E-state index is 0.0493. The monoisotopic (exact) mass is 521 g/mol. The quantitative estimate of drug-likeness (QED) is 0.453. The van der Waals surface area contributed by atoms with Crippen molar-refractivity contribution in [1.29, 1.82) is 0 Å². The van der Waals surface area contributed by atoms with Crippen molar-refractivity contribution in [3.63, 3.8) is 0 Å². The van der Waals surface area contributed by atoms with Crippen molar-refractivity contribution in [3.8, 4) is 0 Å². The van der Waals surface area contributed by atoms with Gasteiger partial charge in [0, 0.05) is 32.2 Å². The van der Waals surface area contributed by atoms with E-state index in [-0.39, 0.29) is 35.7 Å². The second-order valence-electron chi connectivity index (χ2n) is 8.69. The maximum atomic E-state index is 13.6. The summed E-state index contributed by atoms with van der Waals surface area (Å²) in [5, 5.41) is 0. The van der Waals surface area contributed by atoms with Gasteiger partial charge < -0.3 is 4.90 Å². The first-order chi connectivity index (χ1) is 16.7. The molecule has 2 aromatic rings. The summed E-state index contributed by atoms with van der Waals surface area (Å²) in [4.78, 5) is 15.5. The first kappa shape index (κ1) is 27.3. The Balaban J connectivity index is 1.83. The van der Waals surface area contributed by atoms with E-state index in [0.717, 1.165) is 5.56 Å². The SMILES string of the molecule is CCCN(CC(=O)N(Cc1ccccc1)C1CCN(S(=O)(=O)CC)CC1)S(=O)(=O)c1ccccc1. The van der Waals surface area contributed by atoms with E-state index in [2.05, 4.69) is 0 Å². The molecule has 1 fully saturated rings.